The van der Waals surface area contributed by atoms with Gasteiger partial charge in [0.1, 0.15) is 0 Å². The molecule has 134 valence electrons. The molecule has 1 rings (SSSR count). The van der Waals surface area contributed by atoms with Gasteiger partial charge in [0.2, 0.25) is 0 Å². The molecule has 1 saturated carbocycles. The summed E-state index contributed by atoms with van der Waals surface area (Å²) in [6.45, 7) is 21.6. The van der Waals surface area contributed by atoms with Crippen molar-refractivity contribution in [2.75, 3.05) is 0 Å². The van der Waals surface area contributed by atoms with Crippen molar-refractivity contribution in [2.45, 2.75) is 79.1 Å². The Bertz CT molecular complexity index is 298. The van der Waals surface area contributed by atoms with Gasteiger partial charge >= 0.3 is 35.6 Å². The molecule has 5 heteroatoms. The maximum absolute atomic E-state index is 5.35. The molecule has 0 aromatic heterocycles. The van der Waals surface area contributed by atoms with Crippen LogP contribution in [0.15, 0.2) is 0 Å². The second-order valence-corrected chi connectivity index (χ2v) is 14.9. The Hall–Kier alpha value is 1.47. The number of hydrogen-bond donors (Lipinski definition) is 0. The van der Waals surface area contributed by atoms with Gasteiger partial charge < -0.3 is 12.4 Å². The van der Waals surface area contributed by atoms with E-state index in [2.05, 4.69) is 61.9 Å². The predicted octanol–water partition coefficient (Wildman–Crippen LogP) is 7.51. The molecule has 1 aliphatic rings. The summed E-state index contributed by atoms with van der Waals surface area (Å²) < 4.78 is 0. The third kappa shape index (κ3) is 6.76. The molecule has 0 saturated heterocycles. The molecule has 0 aromatic rings. The van der Waals surface area contributed by atoms with Crippen molar-refractivity contribution < 1.29 is 17.0 Å². The van der Waals surface area contributed by atoms with E-state index < -0.39 is 25.3 Å². The topological polar surface area (TPSA) is 14.1 Å². The van der Waals surface area contributed by atoms with Crippen molar-refractivity contribution in [1.82, 2.24) is 0 Å². The summed E-state index contributed by atoms with van der Waals surface area (Å²) in [6, 6.07) is 1.29. The van der Waals surface area contributed by atoms with E-state index in [9.17, 15) is 0 Å². The zero-order valence-corrected chi connectivity index (χ0v) is 20.4. The van der Waals surface area contributed by atoms with Crippen molar-refractivity contribution in [3.63, 3.8) is 0 Å². The van der Waals surface area contributed by atoms with Gasteiger partial charge in [-0.25, -0.2) is 0 Å². The SMILES string of the molecule is CC[Si](C)([N-]C(C)(C)C)C1C(C)C(C)C(C)C1C.[CH3-].[Cl][Ti][Cl]. The van der Waals surface area contributed by atoms with E-state index >= 15 is 0 Å². The first-order valence-corrected chi connectivity index (χ1v) is 15.2. The van der Waals surface area contributed by atoms with E-state index in [0.29, 0.717) is 0 Å². The van der Waals surface area contributed by atoms with E-state index in [4.69, 9.17) is 23.6 Å². The summed E-state index contributed by atoms with van der Waals surface area (Å²) in [6.07, 6.45) is 0. The van der Waals surface area contributed by atoms with Gasteiger partial charge in [0.25, 0.3) is 0 Å². The van der Waals surface area contributed by atoms with Crippen LogP contribution < -0.4 is 0 Å². The Morgan fingerprint density at radius 2 is 1.27 bits per heavy atom. The molecule has 1 aliphatic carbocycles. The predicted molar refractivity (Wildman–Crippen MR) is 104 cm³/mol. The fourth-order valence-corrected chi connectivity index (χ4v) is 9.56. The van der Waals surface area contributed by atoms with Gasteiger partial charge in [-0.05, 0) is 23.7 Å². The van der Waals surface area contributed by atoms with Gasteiger partial charge in [-0.3, -0.25) is 0 Å². The monoisotopic (exact) mass is 401 g/mol. The van der Waals surface area contributed by atoms with Gasteiger partial charge in [0.15, 0.2) is 0 Å². The Kier molecular flexibility index (Phi) is 12.2. The first kappa shape index (κ1) is 25.7. The number of hydrogen-bond acceptors (Lipinski definition) is 0. The Morgan fingerprint density at radius 3 is 1.50 bits per heavy atom. The van der Waals surface area contributed by atoms with E-state index in [1.165, 1.54) is 6.04 Å². The maximum atomic E-state index is 5.35. The van der Waals surface area contributed by atoms with Crippen molar-refractivity contribution in [3.8, 4) is 0 Å². The molecule has 5 atom stereocenters. The van der Waals surface area contributed by atoms with E-state index in [1.54, 1.807) is 0 Å². The summed E-state index contributed by atoms with van der Waals surface area (Å²) in [4.78, 5) is 5.35. The third-order valence-electron chi connectivity index (χ3n) is 5.65. The summed E-state index contributed by atoms with van der Waals surface area (Å²) in [5, 5.41) is 0. The van der Waals surface area contributed by atoms with Crippen molar-refractivity contribution in [2.24, 2.45) is 23.7 Å². The Labute approximate surface area is 158 Å². The molecule has 0 amide bonds. The van der Waals surface area contributed by atoms with Crippen LogP contribution in [0, 0.1) is 31.1 Å². The van der Waals surface area contributed by atoms with Crippen molar-refractivity contribution in [1.29, 1.82) is 0 Å². The molecule has 0 radical (unpaired) electrons. The van der Waals surface area contributed by atoms with E-state index in [0.717, 1.165) is 29.2 Å². The molecule has 0 N–H and O–H groups in total. The van der Waals surface area contributed by atoms with Gasteiger partial charge in [-0.1, -0.05) is 81.8 Å². The van der Waals surface area contributed by atoms with Crippen LogP contribution in [0.2, 0.25) is 18.1 Å². The van der Waals surface area contributed by atoms with E-state index in [1.807, 2.05) is 0 Å². The zero-order valence-electron chi connectivity index (χ0n) is 16.3. The molecule has 1 nitrogen and oxygen atoms in total. The first-order chi connectivity index (χ1) is 9.45. The van der Waals surface area contributed by atoms with Crippen LogP contribution in [-0.2, 0) is 17.0 Å². The van der Waals surface area contributed by atoms with Crippen molar-refractivity contribution >= 4 is 26.8 Å². The third-order valence-corrected chi connectivity index (χ3v) is 10.7. The number of halogens is 2. The van der Waals surface area contributed by atoms with Gasteiger partial charge in [0.05, 0.1) is 0 Å². The fourth-order valence-electron chi connectivity index (χ4n) is 4.38. The average Bonchev–Trinajstić information content (AvgIpc) is 2.53. The quantitative estimate of drug-likeness (QED) is 0.343. The van der Waals surface area contributed by atoms with Crippen LogP contribution in [0.1, 0.15) is 55.4 Å². The van der Waals surface area contributed by atoms with Crippen LogP contribution in [0.3, 0.4) is 0 Å². The van der Waals surface area contributed by atoms with Crippen molar-refractivity contribution in [3.05, 3.63) is 12.4 Å². The first-order valence-electron chi connectivity index (χ1n) is 8.15. The van der Waals surface area contributed by atoms with Crippen LogP contribution >= 0.6 is 18.6 Å². The molecule has 22 heavy (non-hydrogen) atoms. The summed E-state index contributed by atoms with van der Waals surface area (Å²) >= 11 is -0.556. The summed E-state index contributed by atoms with van der Waals surface area (Å²) in [7, 11) is 8.27. The second kappa shape index (κ2) is 10.5. The Balaban J connectivity index is 0. The Morgan fingerprint density at radius 1 is 0.955 bits per heavy atom. The van der Waals surface area contributed by atoms with Crippen LogP contribution in [0.25, 0.3) is 4.98 Å². The molecule has 0 aliphatic heterocycles. The summed E-state index contributed by atoms with van der Waals surface area (Å²) in [5.74, 6) is 3.41. The minimum atomic E-state index is -1.51. The molecule has 5 unspecified atom stereocenters. The van der Waals surface area contributed by atoms with Crippen LogP contribution in [0.5, 0.6) is 0 Å². The normalized spacial score (nSPS) is 34.0. The molecule has 0 spiro atoms. The van der Waals surface area contributed by atoms with Gasteiger partial charge in [-0.15, -0.1) is 5.54 Å². The van der Waals surface area contributed by atoms with Crippen LogP contribution in [-0.4, -0.2) is 13.8 Å². The molecule has 0 heterocycles. The molecular formula is C17H37Cl2NSiTi-2. The standard InChI is InChI=1S/C16H34NSi.CH3.2ClH.Ti/c1-10-18(9,17-16(6,7)8)15-13(4)11(2)12(3)14(15)5;;;;/h11-15H,10H2,1-9H3;1H3;2*1H;/q2*-1;;;+2/p-2. The minimum absolute atomic E-state index is 0. The van der Waals surface area contributed by atoms with Gasteiger partial charge in [0, 0.05) is 0 Å². The molecule has 0 bridgehead atoms. The van der Waals surface area contributed by atoms with E-state index in [-0.39, 0.29) is 13.0 Å². The number of nitrogens with zero attached hydrogens (tertiary/aromatic N) is 1. The van der Waals surface area contributed by atoms with Crippen LogP contribution in [0.4, 0.5) is 0 Å². The molecule has 0 aromatic carbocycles. The second-order valence-electron chi connectivity index (χ2n) is 8.03. The fraction of sp³-hybridized carbons (Fsp3) is 0.941. The molecular weight excluding hydrogens is 365 g/mol. The zero-order chi connectivity index (χ0) is 17.0. The molecule has 1 fully saturated rings. The average molecular weight is 402 g/mol. The number of rotatable bonds is 3. The summed E-state index contributed by atoms with van der Waals surface area (Å²) in [5.41, 5.74) is 0.998. The van der Waals surface area contributed by atoms with Gasteiger partial charge in [-0.2, -0.15) is 0 Å².